The molecule has 0 bridgehead atoms. The Labute approximate surface area is 104 Å². The lowest BCUT2D eigenvalue weighted by Crippen LogP contribution is -2.24. The number of aryl methyl sites for hydroxylation is 1. The minimum absolute atomic E-state index is 0.0303. The average molecular weight is 268 g/mol. The lowest BCUT2D eigenvalue weighted by atomic mass is 10.3. The van der Waals surface area contributed by atoms with E-state index in [2.05, 4.69) is 14.8 Å². The Morgan fingerprint density at radius 1 is 1.39 bits per heavy atom. The van der Waals surface area contributed by atoms with E-state index in [4.69, 9.17) is 0 Å². The lowest BCUT2D eigenvalue weighted by molar-refractivity contribution is 0.458. The Bertz CT molecular complexity index is 651. The lowest BCUT2D eigenvalue weighted by Gasteiger charge is -2.06. The fourth-order valence-electron chi connectivity index (χ4n) is 1.39. The first-order valence-electron chi connectivity index (χ1n) is 5.11. The zero-order valence-electron chi connectivity index (χ0n) is 9.61. The molecule has 2 rings (SSSR count). The summed E-state index contributed by atoms with van der Waals surface area (Å²) in [6, 6.07) is 5.72. The number of aromatic nitrogens is 3. The summed E-state index contributed by atoms with van der Waals surface area (Å²) in [4.78, 5) is 3.73. The monoisotopic (exact) mass is 268 g/mol. The van der Waals surface area contributed by atoms with Crippen LogP contribution >= 0.6 is 0 Å². The van der Waals surface area contributed by atoms with Crippen LogP contribution in [0.1, 0.15) is 5.82 Å². The minimum atomic E-state index is -3.77. The molecule has 0 unspecified atom stereocenters. The summed E-state index contributed by atoms with van der Waals surface area (Å²) in [5.74, 6) is 0.0653. The summed E-state index contributed by atoms with van der Waals surface area (Å²) >= 11 is 0. The van der Waals surface area contributed by atoms with Crippen molar-refractivity contribution in [2.24, 2.45) is 7.05 Å². The van der Waals surface area contributed by atoms with Gasteiger partial charge in [-0.1, -0.05) is 12.1 Å². The van der Waals surface area contributed by atoms with Gasteiger partial charge < -0.3 is 5.11 Å². The normalized spacial score (nSPS) is 11.6. The third-order valence-corrected chi connectivity index (χ3v) is 3.67. The van der Waals surface area contributed by atoms with Crippen LogP contribution in [0.25, 0.3) is 0 Å². The maximum absolute atomic E-state index is 11.9. The van der Waals surface area contributed by atoms with Gasteiger partial charge in [-0.05, 0) is 12.1 Å². The van der Waals surface area contributed by atoms with Crippen LogP contribution in [0.5, 0.6) is 5.75 Å². The van der Waals surface area contributed by atoms with E-state index in [1.165, 1.54) is 29.2 Å². The van der Waals surface area contributed by atoms with Gasteiger partial charge in [-0.25, -0.2) is 18.1 Å². The van der Waals surface area contributed by atoms with Gasteiger partial charge in [-0.3, -0.25) is 4.68 Å². The van der Waals surface area contributed by atoms with Crippen molar-refractivity contribution in [1.82, 2.24) is 19.5 Å². The summed E-state index contributed by atoms with van der Waals surface area (Å²) in [6.45, 7) is -0.0303. The van der Waals surface area contributed by atoms with Crippen LogP contribution in [-0.2, 0) is 23.6 Å². The third kappa shape index (κ3) is 2.66. The van der Waals surface area contributed by atoms with Crippen molar-refractivity contribution in [3.8, 4) is 5.75 Å². The predicted octanol–water partition coefficient (Wildman–Crippen LogP) is -0.000800. The molecule has 0 saturated heterocycles. The first-order chi connectivity index (χ1) is 8.49. The summed E-state index contributed by atoms with van der Waals surface area (Å²) in [5.41, 5.74) is 0. The minimum Gasteiger partial charge on any atom is -0.507 e. The van der Waals surface area contributed by atoms with Crippen molar-refractivity contribution < 1.29 is 13.5 Å². The van der Waals surface area contributed by atoms with Gasteiger partial charge in [0.15, 0.2) is 5.82 Å². The molecule has 0 spiro atoms. The predicted molar refractivity (Wildman–Crippen MR) is 63.1 cm³/mol. The fourth-order valence-corrected chi connectivity index (χ4v) is 2.46. The van der Waals surface area contributed by atoms with Crippen LogP contribution in [0.4, 0.5) is 0 Å². The van der Waals surface area contributed by atoms with Gasteiger partial charge in [-0.2, -0.15) is 5.10 Å². The molecule has 0 saturated carbocycles. The zero-order valence-corrected chi connectivity index (χ0v) is 10.4. The third-order valence-electron chi connectivity index (χ3n) is 2.22. The van der Waals surface area contributed by atoms with Crippen molar-refractivity contribution in [1.29, 1.82) is 0 Å². The Morgan fingerprint density at radius 3 is 2.72 bits per heavy atom. The Balaban J connectivity index is 2.16. The molecule has 18 heavy (non-hydrogen) atoms. The molecular weight excluding hydrogens is 256 g/mol. The van der Waals surface area contributed by atoms with Gasteiger partial charge in [0.25, 0.3) is 0 Å². The Hall–Kier alpha value is -1.93. The molecule has 1 aromatic heterocycles. The number of aromatic hydroxyl groups is 1. The first-order valence-corrected chi connectivity index (χ1v) is 6.59. The number of nitrogens with one attached hydrogen (secondary N) is 1. The number of hydrogen-bond acceptors (Lipinski definition) is 5. The van der Waals surface area contributed by atoms with Gasteiger partial charge in [0, 0.05) is 7.05 Å². The van der Waals surface area contributed by atoms with E-state index < -0.39 is 10.0 Å². The Morgan fingerprint density at radius 2 is 2.11 bits per heavy atom. The highest BCUT2D eigenvalue weighted by Crippen LogP contribution is 2.20. The summed E-state index contributed by atoms with van der Waals surface area (Å²) < 4.78 is 27.6. The van der Waals surface area contributed by atoms with E-state index in [1.54, 1.807) is 13.1 Å². The molecule has 8 heteroatoms. The standard InChI is InChI=1S/C10H12N4O3S/c1-14-7-11-10(13-14)6-12-18(16,17)9-5-3-2-4-8(9)15/h2-5,7,12,15H,6H2,1H3. The second kappa shape index (κ2) is 4.75. The molecule has 0 radical (unpaired) electrons. The summed E-state index contributed by atoms with van der Waals surface area (Å²) in [7, 11) is -2.08. The molecule has 1 aromatic carbocycles. The van der Waals surface area contributed by atoms with Crippen LogP contribution < -0.4 is 4.72 Å². The number of phenols is 1. The Kier molecular flexibility index (Phi) is 3.30. The largest absolute Gasteiger partial charge is 0.507 e. The molecule has 0 aliphatic carbocycles. The first kappa shape index (κ1) is 12.5. The van der Waals surface area contributed by atoms with Crippen LogP contribution in [0, 0.1) is 0 Å². The highest BCUT2D eigenvalue weighted by Gasteiger charge is 2.18. The molecule has 2 aromatic rings. The smallest absolute Gasteiger partial charge is 0.244 e. The SMILES string of the molecule is Cn1cnc(CNS(=O)(=O)c2ccccc2O)n1. The van der Waals surface area contributed by atoms with Crippen molar-refractivity contribution in [3.05, 3.63) is 36.4 Å². The van der Waals surface area contributed by atoms with Crippen molar-refractivity contribution in [3.63, 3.8) is 0 Å². The van der Waals surface area contributed by atoms with Crippen molar-refractivity contribution >= 4 is 10.0 Å². The van der Waals surface area contributed by atoms with Crippen molar-refractivity contribution in [2.75, 3.05) is 0 Å². The topological polar surface area (TPSA) is 97.1 Å². The van der Waals surface area contributed by atoms with Gasteiger partial charge in [0.2, 0.25) is 10.0 Å². The number of para-hydroxylation sites is 1. The summed E-state index contributed by atoms with van der Waals surface area (Å²) in [5, 5.41) is 13.4. The molecule has 1 heterocycles. The number of hydrogen-bond donors (Lipinski definition) is 2. The highest BCUT2D eigenvalue weighted by molar-refractivity contribution is 7.89. The second-order valence-corrected chi connectivity index (χ2v) is 5.36. The van der Waals surface area contributed by atoms with E-state index in [1.807, 2.05) is 0 Å². The van der Waals surface area contributed by atoms with Crippen LogP contribution in [0.15, 0.2) is 35.5 Å². The second-order valence-electron chi connectivity index (χ2n) is 3.63. The van der Waals surface area contributed by atoms with E-state index in [0.717, 1.165) is 0 Å². The summed E-state index contributed by atoms with van der Waals surface area (Å²) in [6.07, 6.45) is 1.48. The van der Waals surface area contributed by atoms with Crippen LogP contribution in [0.3, 0.4) is 0 Å². The maximum atomic E-state index is 11.9. The molecular formula is C10H12N4O3S. The van der Waals surface area contributed by atoms with Gasteiger partial charge >= 0.3 is 0 Å². The van der Waals surface area contributed by atoms with Gasteiger partial charge in [-0.15, -0.1) is 0 Å². The number of benzene rings is 1. The number of sulfonamides is 1. The number of nitrogens with zero attached hydrogens (tertiary/aromatic N) is 3. The quantitative estimate of drug-likeness (QED) is 0.813. The molecule has 0 fully saturated rings. The van der Waals surface area contributed by atoms with Gasteiger partial charge in [0.1, 0.15) is 17.0 Å². The number of rotatable bonds is 4. The molecule has 0 aliphatic heterocycles. The average Bonchev–Trinajstić information content (AvgIpc) is 2.73. The van der Waals surface area contributed by atoms with E-state index in [9.17, 15) is 13.5 Å². The van der Waals surface area contributed by atoms with Gasteiger partial charge in [0.05, 0.1) is 6.54 Å². The van der Waals surface area contributed by atoms with E-state index >= 15 is 0 Å². The van der Waals surface area contributed by atoms with Crippen molar-refractivity contribution in [2.45, 2.75) is 11.4 Å². The fraction of sp³-hybridized carbons (Fsp3) is 0.200. The molecule has 0 aliphatic rings. The molecule has 0 amide bonds. The maximum Gasteiger partial charge on any atom is 0.244 e. The van der Waals surface area contributed by atoms with Crippen LogP contribution in [-0.4, -0.2) is 28.3 Å². The van der Waals surface area contributed by atoms with E-state index in [-0.39, 0.29) is 17.2 Å². The molecule has 96 valence electrons. The molecule has 2 N–H and O–H groups in total. The highest BCUT2D eigenvalue weighted by atomic mass is 32.2. The molecule has 0 atom stereocenters. The van der Waals surface area contributed by atoms with E-state index in [0.29, 0.717) is 5.82 Å². The molecule has 7 nitrogen and oxygen atoms in total. The number of phenolic OH excluding ortho intramolecular Hbond substituents is 1. The zero-order chi connectivity index (χ0) is 13.2. The van der Waals surface area contributed by atoms with Crippen LogP contribution in [0.2, 0.25) is 0 Å².